The zero-order chi connectivity index (χ0) is 13.2. The van der Waals surface area contributed by atoms with Crippen molar-refractivity contribution >= 4 is 23.1 Å². The number of amides is 1. The second-order valence-corrected chi connectivity index (χ2v) is 4.06. The Kier molecular flexibility index (Phi) is 3.62. The third kappa shape index (κ3) is 2.69. The van der Waals surface area contributed by atoms with Gasteiger partial charge in [-0.3, -0.25) is 15.0 Å². The zero-order valence-corrected chi connectivity index (χ0v) is 9.78. The molecule has 1 amide bonds. The number of nitrogens with two attached hydrogens (primary N) is 2. The number of nitrogens with one attached hydrogen (secondary N) is 1. The molecule has 1 aromatic carbocycles. The Bertz CT molecular complexity index is 493. The SMILES string of the molecule is CC(C)C(=O)c1ccc(N)c(C(=N)C(N)=O)c1. The van der Waals surface area contributed by atoms with Crippen LogP contribution in [0.1, 0.15) is 29.8 Å². The molecule has 1 aromatic rings. The van der Waals surface area contributed by atoms with E-state index in [1.165, 1.54) is 12.1 Å². The van der Waals surface area contributed by atoms with Crippen molar-refractivity contribution in [2.24, 2.45) is 11.7 Å². The molecule has 0 radical (unpaired) electrons. The number of Topliss-reactive ketones (excluding diaryl/α,β-unsaturated/α-hetero) is 1. The first-order valence-corrected chi connectivity index (χ1v) is 5.17. The van der Waals surface area contributed by atoms with Gasteiger partial charge in [-0.2, -0.15) is 0 Å². The van der Waals surface area contributed by atoms with E-state index in [9.17, 15) is 9.59 Å². The molecular weight excluding hydrogens is 218 g/mol. The van der Waals surface area contributed by atoms with E-state index in [-0.39, 0.29) is 28.7 Å². The maximum atomic E-state index is 11.8. The highest BCUT2D eigenvalue weighted by atomic mass is 16.1. The predicted molar refractivity (Wildman–Crippen MR) is 66.0 cm³/mol. The lowest BCUT2D eigenvalue weighted by molar-refractivity contribution is -0.112. The second-order valence-electron chi connectivity index (χ2n) is 4.06. The van der Waals surface area contributed by atoms with Gasteiger partial charge in [0.2, 0.25) is 0 Å². The van der Waals surface area contributed by atoms with Crippen molar-refractivity contribution < 1.29 is 9.59 Å². The van der Waals surface area contributed by atoms with Crippen LogP contribution >= 0.6 is 0 Å². The fourth-order valence-corrected chi connectivity index (χ4v) is 1.39. The Hall–Kier alpha value is -2.17. The van der Waals surface area contributed by atoms with E-state index in [0.717, 1.165) is 0 Å². The van der Waals surface area contributed by atoms with E-state index in [1.807, 2.05) is 0 Å². The van der Waals surface area contributed by atoms with Crippen LogP contribution in [0.25, 0.3) is 0 Å². The summed E-state index contributed by atoms with van der Waals surface area (Å²) in [4.78, 5) is 22.7. The minimum absolute atomic E-state index is 0.0662. The number of rotatable bonds is 4. The topological polar surface area (TPSA) is 110 Å². The highest BCUT2D eigenvalue weighted by Crippen LogP contribution is 2.17. The Morgan fingerprint density at radius 3 is 2.35 bits per heavy atom. The third-order valence-electron chi connectivity index (χ3n) is 2.38. The van der Waals surface area contributed by atoms with E-state index in [2.05, 4.69) is 0 Å². The summed E-state index contributed by atoms with van der Waals surface area (Å²) in [7, 11) is 0. The molecule has 0 bridgehead atoms. The highest BCUT2D eigenvalue weighted by Gasteiger charge is 2.16. The summed E-state index contributed by atoms with van der Waals surface area (Å²) in [6, 6.07) is 4.52. The number of ketones is 1. The summed E-state index contributed by atoms with van der Waals surface area (Å²) in [5.41, 5.74) is 11.2. The third-order valence-corrected chi connectivity index (χ3v) is 2.38. The van der Waals surface area contributed by atoms with Crippen LogP contribution in [0.5, 0.6) is 0 Å². The molecule has 0 heterocycles. The molecule has 5 N–H and O–H groups in total. The first kappa shape index (κ1) is 12.9. The maximum Gasteiger partial charge on any atom is 0.267 e. The molecule has 0 unspecified atom stereocenters. The summed E-state index contributed by atoms with van der Waals surface area (Å²) in [5.74, 6) is -1.09. The molecule has 0 fully saturated rings. The van der Waals surface area contributed by atoms with Gasteiger partial charge < -0.3 is 11.5 Å². The number of nitrogen functional groups attached to an aromatic ring is 1. The Balaban J connectivity index is 3.24. The molecule has 0 aromatic heterocycles. The van der Waals surface area contributed by atoms with Crippen LogP contribution in [-0.2, 0) is 4.79 Å². The average molecular weight is 233 g/mol. The molecule has 0 aliphatic heterocycles. The lowest BCUT2D eigenvalue weighted by Crippen LogP contribution is -2.24. The molecule has 5 heteroatoms. The standard InChI is InChI=1S/C12H15N3O2/c1-6(2)11(16)7-3-4-9(13)8(5-7)10(14)12(15)17/h3-6,14H,13H2,1-2H3,(H2,15,17). The number of carbonyl (C=O) groups is 2. The number of hydrogen-bond acceptors (Lipinski definition) is 4. The molecule has 90 valence electrons. The number of hydrogen-bond donors (Lipinski definition) is 3. The number of benzene rings is 1. The van der Waals surface area contributed by atoms with Crippen molar-refractivity contribution in [2.45, 2.75) is 13.8 Å². The van der Waals surface area contributed by atoms with E-state index in [0.29, 0.717) is 5.56 Å². The van der Waals surface area contributed by atoms with Crippen LogP contribution in [0, 0.1) is 11.3 Å². The van der Waals surface area contributed by atoms with Crippen LogP contribution < -0.4 is 11.5 Å². The lowest BCUT2D eigenvalue weighted by Gasteiger charge is -2.09. The summed E-state index contributed by atoms with van der Waals surface area (Å²) in [6.07, 6.45) is 0. The summed E-state index contributed by atoms with van der Waals surface area (Å²) >= 11 is 0. The van der Waals surface area contributed by atoms with Crippen molar-refractivity contribution in [1.29, 1.82) is 5.41 Å². The summed E-state index contributed by atoms with van der Waals surface area (Å²) in [5, 5.41) is 7.50. The number of carbonyl (C=O) groups excluding carboxylic acids is 2. The van der Waals surface area contributed by atoms with Gasteiger partial charge in [-0.25, -0.2) is 0 Å². The number of primary amides is 1. The van der Waals surface area contributed by atoms with Gasteiger partial charge >= 0.3 is 0 Å². The van der Waals surface area contributed by atoms with Gasteiger partial charge in [-0.1, -0.05) is 13.8 Å². The molecule has 1 rings (SSSR count). The van der Waals surface area contributed by atoms with Crippen molar-refractivity contribution in [3.63, 3.8) is 0 Å². The largest absolute Gasteiger partial charge is 0.398 e. The lowest BCUT2D eigenvalue weighted by atomic mass is 9.97. The minimum Gasteiger partial charge on any atom is -0.398 e. The fraction of sp³-hybridized carbons (Fsp3) is 0.250. The fourth-order valence-electron chi connectivity index (χ4n) is 1.39. The van der Waals surface area contributed by atoms with Crippen LogP contribution in [0.15, 0.2) is 18.2 Å². The van der Waals surface area contributed by atoms with Crippen LogP contribution in [0.4, 0.5) is 5.69 Å². The van der Waals surface area contributed by atoms with Gasteiger partial charge in [0.15, 0.2) is 5.78 Å². The maximum absolute atomic E-state index is 11.8. The Labute approximate surface area is 99.3 Å². The zero-order valence-electron chi connectivity index (χ0n) is 9.78. The smallest absolute Gasteiger partial charge is 0.267 e. The quantitative estimate of drug-likeness (QED) is 0.409. The minimum atomic E-state index is -0.870. The molecule has 0 aliphatic rings. The molecule has 0 spiro atoms. The van der Waals surface area contributed by atoms with Gasteiger partial charge in [0.25, 0.3) is 5.91 Å². The van der Waals surface area contributed by atoms with Crippen LogP contribution in [-0.4, -0.2) is 17.4 Å². The van der Waals surface area contributed by atoms with Gasteiger partial charge in [0.1, 0.15) is 5.71 Å². The van der Waals surface area contributed by atoms with Crippen molar-refractivity contribution in [3.8, 4) is 0 Å². The molecular formula is C12H15N3O2. The summed E-state index contributed by atoms with van der Waals surface area (Å²) in [6.45, 7) is 3.55. The number of anilines is 1. The predicted octanol–water partition coefficient (Wildman–Crippen LogP) is 0.961. The van der Waals surface area contributed by atoms with Crippen molar-refractivity contribution in [3.05, 3.63) is 29.3 Å². The molecule has 0 aliphatic carbocycles. The van der Waals surface area contributed by atoms with Gasteiger partial charge in [-0.15, -0.1) is 0 Å². The molecule has 0 saturated heterocycles. The van der Waals surface area contributed by atoms with Crippen LogP contribution in [0.3, 0.4) is 0 Å². The Morgan fingerprint density at radius 2 is 1.88 bits per heavy atom. The van der Waals surface area contributed by atoms with Gasteiger partial charge in [0.05, 0.1) is 0 Å². The normalized spacial score (nSPS) is 10.3. The monoisotopic (exact) mass is 233 g/mol. The molecule has 17 heavy (non-hydrogen) atoms. The second kappa shape index (κ2) is 4.78. The highest BCUT2D eigenvalue weighted by molar-refractivity contribution is 6.44. The van der Waals surface area contributed by atoms with E-state index >= 15 is 0 Å². The molecule has 0 saturated carbocycles. The van der Waals surface area contributed by atoms with Crippen molar-refractivity contribution in [2.75, 3.05) is 5.73 Å². The average Bonchev–Trinajstić information content (AvgIpc) is 2.27. The molecule has 5 nitrogen and oxygen atoms in total. The first-order valence-electron chi connectivity index (χ1n) is 5.17. The Morgan fingerprint density at radius 1 is 1.29 bits per heavy atom. The van der Waals surface area contributed by atoms with Crippen molar-refractivity contribution in [1.82, 2.24) is 0 Å². The first-order chi connectivity index (χ1) is 7.84. The summed E-state index contributed by atoms with van der Waals surface area (Å²) < 4.78 is 0. The van der Waals surface area contributed by atoms with E-state index in [1.54, 1.807) is 19.9 Å². The van der Waals surface area contributed by atoms with Gasteiger partial charge in [-0.05, 0) is 18.2 Å². The van der Waals surface area contributed by atoms with E-state index < -0.39 is 5.91 Å². The van der Waals surface area contributed by atoms with Crippen LogP contribution in [0.2, 0.25) is 0 Å². The van der Waals surface area contributed by atoms with Gasteiger partial charge in [0, 0.05) is 22.7 Å². The van der Waals surface area contributed by atoms with E-state index in [4.69, 9.17) is 16.9 Å². The molecule has 0 atom stereocenters.